The maximum Gasteiger partial charge on any atom is 0.395 e. The Morgan fingerprint density at radius 1 is 1.33 bits per heavy atom. The fourth-order valence-electron chi connectivity index (χ4n) is 1.31. The molecule has 0 heterocycles. The molecule has 0 aromatic rings. The molecule has 1 saturated carbocycles. The summed E-state index contributed by atoms with van der Waals surface area (Å²) in [5, 5.41) is 0. The fourth-order valence-corrected chi connectivity index (χ4v) is 1.31. The minimum atomic E-state index is -4.32. The molecule has 0 atom stereocenters. The molecule has 1 nitrogen and oxygen atoms in total. The largest absolute Gasteiger partial charge is 0.395 e. The predicted octanol–water partition coefficient (Wildman–Crippen LogP) is 2.70. The van der Waals surface area contributed by atoms with Crippen LogP contribution in [0.1, 0.15) is 32.1 Å². The van der Waals surface area contributed by atoms with Crippen molar-refractivity contribution < 1.29 is 18.0 Å². The van der Waals surface area contributed by atoms with Gasteiger partial charge in [-0.15, -0.1) is 0 Å². The molecule has 0 spiro atoms. The second kappa shape index (κ2) is 3.46. The van der Waals surface area contributed by atoms with Crippen molar-refractivity contribution in [3.05, 3.63) is 0 Å². The van der Waals surface area contributed by atoms with Crippen LogP contribution >= 0.6 is 0 Å². The van der Waals surface area contributed by atoms with Gasteiger partial charge < -0.3 is 0 Å². The van der Waals surface area contributed by atoms with Gasteiger partial charge in [-0.05, 0) is 5.92 Å². The van der Waals surface area contributed by atoms with E-state index < -0.39 is 18.4 Å². The molecule has 0 amide bonds. The lowest BCUT2D eigenvalue weighted by Gasteiger charge is -2.24. The van der Waals surface area contributed by atoms with Gasteiger partial charge in [-0.2, -0.15) is 13.2 Å². The van der Waals surface area contributed by atoms with E-state index in [1.807, 2.05) is 0 Å². The summed E-state index contributed by atoms with van der Waals surface area (Å²) < 4.78 is 35.0. The van der Waals surface area contributed by atoms with Gasteiger partial charge in [0.2, 0.25) is 0 Å². The molecule has 4 heteroatoms. The van der Waals surface area contributed by atoms with E-state index in [1.54, 1.807) is 0 Å². The molecule has 0 N–H and O–H groups in total. The van der Waals surface area contributed by atoms with Crippen LogP contribution in [0.5, 0.6) is 0 Å². The first kappa shape index (κ1) is 9.55. The number of halogens is 3. The van der Waals surface area contributed by atoms with E-state index in [4.69, 9.17) is 0 Å². The Morgan fingerprint density at radius 3 is 2.25 bits per heavy atom. The molecule has 0 radical (unpaired) electrons. The number of Topliss-reactive ketones (excluding diaryl/α,β-unsaturated/α-hetero) is 1. The van der Waals surface area contributed by atoms with E-state index >= 15 is 0 Å². The number of carbonyl (C=O) groups is 1. The van der Waals surface area contributed by atoms with Gasteiger partial charge in [0.1, 0.15) is 12.2 Å². The second-order valence-corrected chi connectivity index (χ2v) is 3.33. The van der Waals surface area contributed by atoms with Gasteiger partial charge in [0.25, 0.3) is 0 Å². The maximum atomic E-state index is 11.7. The Balaban J connectivity index is 2.19. The first-order valence-corrected chi connectivity index (χ1v) is 4.06. The summed E-state index contributed by atoms with van der Waals surface area (Å²) >= 11 is 0. The molecule has 12 heavy (non-hydrogen) atoms. The van der Waals surface area contributed by atoms with E-state index in [-0.39, 0.29) is 12.3 Å². The highest BCUT2D eigenvalue weighted by molar-refractivity contribution is 5.79. The van der Waals surface area contributed by atoms with E-state index in [0.29, 0.717) is 0 Å². The molecule has 0 saturated heterocycles. The Bertz CT molecular complexity index is 170. The maximum absolute atomic E-state index is 11.7. The van der Waals surface area contributed by atoms with Crippen molar-refractivity contribution in [1.82, 2.24) is 0 Å². The van der Waals surface area contributed by atoms with Crippen molar-refractivity contribution in [1.29, 1.82) is 0 Å². The molecule has 0 bridgehead atoms. The average Bonchev–Trinajstić information content (AvgIpc) is 1.74. The SMILES string of the molecule is O=C(CC1CCC1)CC(F)(F)F. The molecule has 0 aromatic carbocycles. The smallest absolute Gasteiger partial charge is 0.299 e. The molecule has 1 fully saturated rings. The molecule has 0 unspecified atom stereocenters. The van der Waals surface area contributed by atoms with Gasteiger partial charge in [-0.1, -0.05) is 19.3 Å². The first-order chi connectivity index (χ1) is 5.47. The lowest BCUT2D eigenvalue weighted by atomic mass is 9.81. The van der Waals surface area contributed by atoms with Crippen molar-refractivity contribution in [2.75, 3.05) is 0 Å². The number of rotatable bonds is 3. The normalized spacial score (nSPS) is 18.9. The fraction of sp³-hybridized carbons (Fsp3) is 0.875. The number of ketones is 1. The summed E-state index contributed by atoms with van der Waals surface area (Å²) in [6, 6.07) is 0. The van der Waals surface area contributed by atoms with Gasteiger partial charge in [-0.25, -0.2) is 0 Å². The monoisotopic (exact) mass is 180 g/mol. The molecular formula is C8H11F3O. The molecular weight excluding hydrogens is 169 g/mol. The minimum Gasteiger partial charge on any atom is -0.299 e. The quantitative estimate of drug-likeness (QED) is 0.652. The number of hydrogen-bond acceptors (Lipinski definition) is 1. The topological polar surface area (TPSA) is 17.1 Å². The van der Waals surface area contributed by atoms with E-state index in [9.17, 15) is 18.0 Å². The number of hydrogen-bond donors (Lipinski definition) is 0. The summed E-state index contributed by atoms with van der Waals surface area (Å²) in [6.07, 6.45) is -2.54. The van der Waals surface area contributed by atoms with Gasteiger partial charge in [0, 0.05) is 6.42 Å². The zero-order valence-corrected chi connectivity index (χ0v) is 6.66. The third kappa shape index (κ3) is 3.24. The van der Waals surface area contributed by atoms with Crippen LogP contribution in [0.15, 0.2) is 0 Å². The van der Waals surface area contributed by atoms with E-state index in [1.165, 1.54) is 0 Å². The average molecular weight is 180 g/mol. The third-order valence-corrected chi connectivity index (χ3v) is 2.14. The van der Waals surface area contributed by atoms with Gasteiger partial charge in [0.05, 0.1) is 0 Å². The van der Waals surface area contributed by atoms with Crippen LogP contribution in [0.25, 0.3) is 0 Å². The summed E-state index contributed by atoms with van der Waals surface area (Å²) in [6.45, 7) is 0. The van der Waals surface area contributed by atoms with Crippen LogP contribution in [0.2, 0.25) is 0 Å². The molecule has 0 aromatic heterocycles. The summed E-state index contributed by atoms with van der Waals surface area (Å²) in [4.78, 5) is 10.7. The predicted molar refractivity (Wildman–Crippen MR) is 37.6 cm³/mol. The van der Waals surface area contributed by atoms with Crippen LogP contribution in [0, 0.1) is 5.92 Å². The zero-order valence-electron chi connectivity index (χ0n) is 6.66. The lowest BCUT2D eigenvalue weighted by molar-refractivity contribution is -0.153. The first-order valence-electron chi connectivity index (χ1n) is 4.06. The third-order valence-electron chi connectivity index (χ3n) is 2.14. The summed E-state index contributed by atoms with van der Waals surface area (Å²) in [5.41, 5.74) is 0. The van der Waals surface area contributed by atoms with Gasteiger partial charge in [-0.3, -0.25) is 4.79 Å². The van der Waals surface area contributed by atoms with Crippen LogP contribution < -0.4 is 0 Å². The van der Waals surface area contributed by atoms with E-state index in [2.05, 4.69) is 0 Å². The Kier molecular flexibility index (Phi) is 2.75. The number of carbonyl (C=O) groups excluding carboxylic acids is 1. The van der Waals surface area contributed by atoms with Crippen LogP contribution in [0.4, 0.5) is 13.2 Å². The van der Waals surface area contributed by atoms with Crippen molar-refractivity contribution in [2.24, 2.45) is 5.92 Å². The van der Waals surface area contributed by atoms with Crippen LogP contribution in [0.3, 0.4) is 0 Å². The highest BCUT2D eigenvalue weighted by Crippen LogP contribution is 2.31. The molecule has 1 aliphatic rings. The lowest BCUT2D eigenvalue weighted by Crippen LogP contribution is -2.20. The minimum absolute atomic E-state index is 0.125. The second-order valence-electron chi connectivity index (χ2n) is 3.33. The van der Waals surface area contributed by atoms with Crippen LogP contribution in [-0.4, -0.2) is 12.0 Å². The molecule has 1 rings (SSSR count). The van der Waals surface area contributed by atoms with E-state index in [0.717, 1.165) is 19.3 Å². The van der Waals surface area contributed by atoms with Gasteiger partial charge in [0.15, 0.2) is 0 Å². The Hall–Kier alpha value is -0.540. The number of alkyl halides is 3. The van der Waals surface area contributed by atoms with Crippen molar-refractivity contribution in [3.8, 4) is 0 Å². The highest BCUT2D eigenvalue weighted by atomic mass is 19.4. The van der Waals surface area contributed by atoms with Crippen molar-refractivity contribution in [3.63, 3.8) is 0 Å². The summed E-state index contributed by atoms with van der Waals surface area (Å²) in [5.74, 6) is -0.424. The Labute approximate surface area is 68.9 Å². The standard InChI is InChI=1S/C8H11F3O/c9-8(10,11)5-7(12)4-6-2-1-3-6/h6H,1-5H2. The molecule has 70 valence electrons. The Morgan fingerprint density at radius 2 is 1.92 bits per heavy atom. The highest BCUT2D eigenvalue weighted by Gasteiger charge is 2.32. The summed E-state index contributed by atoms with van der Waals surface area (Å²) in [7, 11) is 0. The molecule has 1 aliphatic carbocycles. The zero-order chi connectivity index (χ0) is 9.19. The van der Waals surface area contributed by atoms with Crippen molar-refractivity contribution in [2.45, 2.75) is 38.3 Å². The van der Waals surface area contributed by atoms with Crippen LogP contribution in [-0.2, 0) is 4.79 Å². The van der Waals surface area contributed by atoms with Gasteiger partial charge >= 0.3 is 6.18 Å². The molecule has 0 aliphatic heterocycles. The van der Waals surface area contributed by atoms with Crippen molar-refractivity contribution >= 4 is 5.78 Å².